The smallest absolute Gasteiger partial charge is 0.428 e. The van der Waals surface area contributed by atoms with Crippen LogP contribution >= 0.6 is 0 Å². The first kappa shape index (κ1) is 27.8. The van der Waals surface area contributed by atoms with Gasteiger partial charge in [0.2, 0.25) is 0 Å². The summed E-state index contributed by atoms with van der Waals surface area (Å²) in [5, 5.41) is 9.73. The first-order valence-corrected chi connectivity index (χ1v) is 11.0. The van der Waals surface area contributed by atoms with Crippen molar-refractivity contribution >= 4 is 5.69 Å². The van der Waals surface area contributed by atoms with Gasteiger partial charge in [-0.3, -0.25) is 0 Å². The van der Waals surface area contributed by atoms with Crippen LogP contribution in [-0.2, 0) is 13.0 Å². The first-order valence-electron chi connectivity index (χ1n) is 11.0. The Bertz CT molecular complexity index is 890. The van der Waals surface area contributed by atoms with E-state index in [1.54, 1.807) is 24.3 Å². The third kappa shape index (κ3) is 8.38. The summed E-state index contributed by atoms with van der Waals surface area (Å²) in [6.45, 7) is 1.06. The Balaban J connectivity index is 2.32. The zero-order valence-electron chi connectivity index (χ0n) is 18.7. The molecule has 0 fully saturated rings. The lowest BCUT2D eigenvalue weighted by Gasteiger charge is -2.30. The van der Waals surface area contributed by atoms with E-state index in [2.05, 4.69) is 11.7 Å². The molecule has 0 spiro atoms. The Morgan fingerprint density at radius 2 is 1.65 bits per heavy atom. The molecule has 0 aliphatic rings. The second-order valence-electron chi connectivity index (χ2n) is 7.99. The van der Waals surface area contributed by atoms with Gasteiger partial charge >= 0.3 is 18.7 Å². The minimum Gasteiger partial charge on any atom is -0.428 e. The topological polar surface area (TPSA) is 32.7 Å². The quantitative estimate of drug-likeness (QED) is 0.241. The van der Waals surface area contributed by atoms with Gasteiger partial charge in [-0.05, 0) is 42.2 Å². The van der Waals surface area contributed by atoms with Gasteiger partial charge in [-0.2, -0.15) is 30.7 Å². The highest BCUT2D eigenvalue weighted by molar-refractivity contribution is 5.54. The average Bonchev–Trinajstić information content (AvgIpc) is 2.76. The van der Waals surface area contributed by atoms with Crippen molar-refractivity contribution in [2.75, 3.05) is 11.4 Å². The van der Waals surface area contributed by atoms with E-state index >= 15 is 0 Å². The molecule has 1 atom stereocenters. The van der Waals surface area contributed by atoms with E-state index in [1.165, 1.54) is 17.0 Å². The third-order valence-electron chi connectivity index (χ3n) is 5.18. The van der Waals surface area contributed by atoms with Gasteiger partial charge in [-0.25, -0.2) is 0 Å². The second kappa shape index (κ2) is 12.3. The Morgan fingerprint density at radius 1 is 0.941 bits per heavy atom. The molecule has 0 aromatic heterocycles. The summed E-state index contributed by atoms with van der Waals surface area (Å²) in [6.07, 6.45) is -11.8. The number of halogens is 7. The van der Waals surface area contributed by atoms with E-state index in [4.69, 9.17) is 0 Å². The molecule has 0 saturated carbocycles. The largest absolute Gasteiger partial charge is 0.461 e. The molecule has 0 aliphatic heterocycles. The molecule has 34 heavy (non-hydrogen) atoms. The molecule has 0 amide bonds. The first-order chi connectivity index (χ1) is 15.9. The van der Waals surface area contributed by atoms with Gasteiger partial charge in [-0.1, -0.05) is 56.5 Å². The van der Waals surface area contributed by atoms with Gasteiger partial charge < -0.3 is 14.7 Å². The summed E-state index contributed by atoms with van der Waals surface area (Å²) in [6, 6.07) is 11.7. The highest BCUT2D eigenvalue weighted by Gasteiger charge is 2.44. The van der Waals surface area contributed by atoms with Crippen LogP contribution in [0.3, 0.4) is 0 Å². The van der Waals surface area contributed by atoms with Crippen LogP contribution in [0.1, 0.15) is 43.7 Å². The molecule has 190 valence electrons. The predicted octanol–water partition coefficient (Wildman–Crippen LogP) is 6.98. The molecule has 2 aromatic rings. The normalized spacial score (nSPS) is 13.2. The van der Waals surface area contributed by atoms with Crippen LogP contribution < -0.4 is 9.64 Å². The molecule has 0 aliphatic carbocycles. The number of aliphatic hydroxyl groups excluding tert-OH is 1. The number of alkyl halides is 7. The zero-order valence-corrected chi connectivity index (χ0v) is 18.7. The number of rotatable bonds is 13. The Kier molecular flexibility index (Phi) is 10.0. The summed E-state index contributed by atoms with van der Waals surface area (Å²) in [7, 11) is 0. The van der Waals surface area contributed by atoms with Crippen LogP contribution in [0.2, 0.25) is 0 Å². The molecule has 2 aromatic carbocycles. The highest BCUT2D eigenvalue weighted by Crippen LogP contribution is 2.31. The number of hydrogen-bond donors (Lipinski definition) is 1. The van der Waals surface area contributed by atoms with E-state index in [1.807, 2.05) is 0 Å². The molecular formula is C24H28F7NO2. The molecule has 0 saturated heterocycles. The lowest BCUT2D eigenvalue weighted by atomic mass is 10.0. The van der Waals surface area contributed by atoms with E-state index in [-0.39, 0.29) is 12.1 Å². The number of hydrogen-bond acceptors (Lipinski definition) is 3. The molecule has 3 nitrogen and oxygen atoms in total. The maximum atomic E-state index is 13.3. The number of aryl methyl sites for hydroxylation is 1. The molecular weight excluding hydrogens is 467 g/mol. The Labute approximate surface area is 194 Å². The number of aliphatic hydroxyl groups is 1. The van der Waals surface area contributed by atoms with Crippen molar-refractivity contribution in [1.82, 2.24) is 0 Å². The predicted molar refractivity (Wildman–Crippen MR) is 115 cm³/mol. The molecule has 1 unspecified atom stereocenters. The Hall–Kier alpha value is -2.49. The lowest BCUT2D eigenvalue weighted by molar-refractivity contribution is -0.253. The minimum atomic E-state index is -4.86. The van der Waals surface area contributed by atoms with E-state index in [0.717, 1.165) is 43.4 Å². The number of anilines is 1. The van der Waals surface area contributed by atoms with Crippen LogP contribution in [0.15, 0.2) is 48.5 Å². The van der Waals surface area contributed by atoms with Crippen molar-refractivity contribution in [1.29, 1.82) is 0 Å². The van der Waals surface area contributed by atoms with Crippen LogP contribution in [0.25, 0.3) is 0 Å². The van der Waals surface area contributed by atoms with Gasteiger partial charge in [0, 0.05) is 12.2 Å². The Morgan fingerprint density at radius 3 is 2.29 bits per heavy atom. The third-order valence-corrected chi connectivity index (χ3v) is 5.18. The maximum absolute atomic E-state index is 13.3. The van der Waals surface area contributed by atoms with Gasteiger partial charge in [0.05, 0.1) is 6.54 Å². The van der Waals surface area contributed by atoms with Gasteiger partial charge in [0.25, 0.3) is 0 Å². The van der Waals surface area contributed by atoms with E-state index in [9.17, 15) is 35.8 Å². The van der Waals surface area contributed by atoms with Crippen molar-refractivity contribution < 1.29 is 40.6 Å². The van der Waals surface area contributed by atoms with Crippen molar-refractivity contribution in [2.45, 2.75) is 70.4 Å². The maximum Gasteiger partial charge on any atom is 0.461 e. The van der Waals surface area contributed by atoms with Crippen LogP contribution in [-0.4, -0.2) is 36.5 Å². The molecule has 0 radical (unpaired) electrons. The fourth-order valence-corrected chi connectivity index (χ4v) is 3.46. The van der Waals surface area contributed by atoms with Crippen molar-refractivity contribution in [2.24, 2.45) is 0 Å². The fourth-order valence-electron chi connectivity index (χ4n) is 3.46. The van der Waals surface area contributed by atoms with Crippen LogP contribution in [0.5, 0.6) is 5.75 Å². The van der Waals surface area contributed by atoms with Crippen molar-refractivity contribution in [3.05, 3.63) is 59.7 Å². The SMILES string of the molecule is CCCCCCc1ccccc1N(Cc1cccc(OC(F)(F)C(F)F)c1)CC(O)C(F)(F)F. The van der Waals surface area contributed by atoms with E-state index in [0.29, 0.717) is 12.1 Å². The molecule has 0 heterocycles. The number of benzene rings is 2. The minimum absolute atomic E-state index is 0.198. The standard InChI is InChI=1S/C24H28F7NO2/c1-2-3-4-5-10-18-11-6-7-13-20(18)32(16-21(33)23(27,28)29)15-17-9-8-12-19(14-17)34-24(30,31)22(25)26/h6-9,11-14,21-22,33H,2-5,10,15-16H2,1H3. The second-order valence-corrected chi connectivity index (χ2v) is 7.99. The van der Waals surface area contributed by atoms with E-state index < -0.39 is 37.1 Å². The van der Waals surface area contributed by atoms with Crippen LogP contribution in [0, 0.1) is 0 Å². The molecule has 10 heteroatoms. The summed E-state index contributed by atoms with van der Waals surface area (Å²) in [4.78, 5) is 1.30. The molecule has 0 bridgehead atoms. The molecule has 1 N–H and O–H groups in total. The highest BCUT2D eigenvalue weighted by atomic mass is 19.4. The number of para-hydroxylation sites is 1. The van der Waals surface area contributed by atoms with Crippen LogP contribution in [0.4, 0.5) is 36.4 Å². The lowest BCUT2D eigenvalue weighted by Crippen LogP contribution is -2.41. The fraction of sp³-hybridized carbons (Fsp3) is 0.500. The van der Waals surface area contributed by atoms with Crippen molar-refractivity contribution in [3.8, 4) is 5.75 Å². The number of ether oxygens (including phenoxy) is 1. The summed E-state index contributed by atoms with van der Waals surface area (Å²) in [5.41, 5.74) is 1.49. The monoisotopic (exact) mass is 495 g/mol. The molecule has 2 rings (SSSR count). The van der Waals surface area contributed by atoms with Crippen molar-refractivity contribution in [3.63, 3.8) is 0 Å². The number of nitrogens with zero attached hydrogens (tertiary/aromatic N) is 1. The van der Waals surface area contributed by atoms with Gasteiger partial charge in [0.1, 0.15) is 5.75 Å². The summed E-state index contributed by atoms with van der Waals surface area (Å²) in [5.74, 6) is -0.549. The van der Waals surface area contributed by atoms with Gasteiger partial charge in [-0.15, -0.1) is 0 Å². The summed E-state index contributed by atoms with van der Waals surface area (Å²) >= 11 is 0. The average molecular weight is 495 g/mol. The summed E-state index contributed by atoms with van der Waals surface area (Å²) < 4.78 is 95.0. The zero-order chi connectivity index (χ0) is 25.4. The van der Waals surface area contributed by atoms with Gasteiger partial charge in [0.15, 0.2) is 6.10 Å². The number of unbranched alkanes of at least 4 members (excludes halogenated alkanes) is 3.